The SMILES string of the molecule is CC(C)CCNC(=O)NC(=O)COC(=O)c1ccc([N+](=O)[O-])o1. The van der Waals surface area contributed by atoms with Gasteiger partial charge in [0.2, 0.25) is 5.76 Å². The summed E-state index contributed by atoms with van der Waals surface area (Å²) in [5, 5.41) is 14.9. The molecule has 0 radical (unpaired) electrons. The Morgan fingerprint density at radius 3 is 2.61 bits per heavy atom. The maximum absolute atomic E-state index is 11.5. The van der Waals surface area contributed by atoms with Gasteiger partial charge in [-0.3, -0.25) is 20.2 Å². The zero-order valence-electron chi connectivity index (χ0n) is 12.7. The highest BCUT2D eigenvalue weighted by Gasteiger charge is 2.19. The van der Waals surface area contributed by atoms with E-state index in [0.717, 1.165) is 18.6 Å². The van der Waals surface area contributed by atoms with E-state index in [2.05, 4.69) is 14.5 Å². The Morgan fingerprint density at radius 2 is 2.04 bits per heavy atom. The minimum absolute atomic E-state index is 0.407. The van der Waals surface area contributed by atoms with Crippen LogP contribution in [0.2, 0.25) is 0 Å². The number of hydrogen-bond donors (Lipinski definition) is 2. The molecule has 2 N–H and O–H groups in total. The molecule has 0 atom stereocenters. The Bertz CT molecular complexity index is 594. The Balaban J connectivity index is 2.33. The number of nitrogens with one attached hydrogen (secondary N) is 2. The lowest BCUT2D eigenvalue weighted by Gasteiger charge is -2.08. The first kappa shape index (κ1) is 18.1. The molecule has 0 saturated heterocycles. The normalized spacial score (nSPS) is 10.2. The van der Waals surface area contributed by atoms with E-state index in [1.165, 1.54) is 0 Å². The highest BCUT2D eigenvalue weighted by molar-refractivity contribution is 5.96. The van der Waals surface area contributed by atoms with Crippen LogP contribution in [-0.2, 0) is 9.53 Å². The summed E-state index contributed by atoms with van der Waals surface area (Å²) in [5.41, 5.74) is 0. The van der Waals surface area contributed by atoms with Crippen molar-refractivity contribution < 1.29 is 28.5 Å². The number of esters is 1. The van der Waals surface area contributed by atoms with E-state index in [9.17, 15) is 24.5 Å². The third-order valence-electron chi connectivity index (χ3n) is 2.57. The van der Waals surface area contributed by atoms with Crippen LogP contribution in [0.1, 0.15) is 30.8 Å². The molecule has 3 amide bonds. The monoisotopic (exact) mass is 327 g/mol. The van der Waals surface area contributed by atoms with Gasteiger partial charge in [0.05, 0.1) is 6.07 Å². The molecule has 1 aromatic heterocycles. The fraction of sp³-hybridized carbons (Fsp3) is 0.462. The lowest BCUT2D eigenvalue weighted by Crippen LogP contribution is -2.41. The number of nitrogens with zero attached hydrogens (tertiary/aromatic N) is 1. The number of urea groups is 1. The quantitative estimate of drug-likeness (QED) is 0.435. The molecule has 0 aliphatic carbocycles. The molecule has 0 aromatic carbocycles. The Kier molecular flexibility index (Phi) is 6.71. The summed E-state index contributed by atoms with van der Waals surface area (Å²) < 4.78 is 9.19. The van der Waals surface area contributed by atoms with Crippen molar-refractivity contribution in [3.05, 3.63) is 28.0 Å². The molecule has 10 nitrogen and oxygen atoms in total. The third-order valence-corrected chi connectivity index (χ3v) is 2.57. The fourth-order valence-electron chi connectivity index (χ4n) is 1.42. The number of amides is 3. The number of carbonyl (C=O) groups is 3. The molecule has 0 fully saturated rings. The molecular weight excluding hydrogens is 310 g/mol. The van der Waals surface area contributed by atoms with E-state index in [1.54, 1.807) is 0 Å². The third kappa shape index (κ3) is 6.59. The summed E-state index contributed by atoms with van der Waals surface area (Å²) in [5.74, 6) is -2.50. The zero-order chi connectivity index (χ0) is 17.4. The molecule has 23 heavy (non-hydrogen) atoms. The smallest absolute Gasteiger partial charge is 0.433 e. The molecule has 0 unspecified atom stereocenters. The van der Waals surface area contributed by atoms with Crippen LogP contribution in [0, 0.1) is 16.0 Å². The highest BCUT2D eigenvalue weighted by atomic mass is 16.7. The van der Waals surface area contributed by atoms with Crippen LogP contribution in [-0.4, -0.2) is 36.0 Å². The van der Waals surface area contributed by atoms with E-state index in [0.29, 0.717) is 12.5 Å². The summed E-state index contributed by atoms with van der Waals surface area (Å²) in [6.45, 7) is 3.67. The molecule has 0 aliphatic rings. The van der Waals surface area contributed by atoms with Gasteiger partial charge in [-0.2, -0.15) is 0 Å². The van der Waals surface area contributed by atoms with E-state index >= 15 is 0 Å². The summed E-state index contributed by atoms with van der Waals surface area (Å²) in [6.07, 6.45) is 0.758. The summed E-state index contributed by atoms with van der Waals surface area (Å²) in [6, 6.07) is 1.34. The number of imide groups is 1. The standard InChI is InChI=1S/C13H17N3O7/c1-8(2)5-6-14-13(19)15-10(17)7-22-12(18)9-3-4-11(23-9)16(20)21/h3-4,8H,5-7H2,1-2H3,(H2,14,15,17,19). The van der Waals surface area contributed by atoms with Crippen molar-refractivity contribution in [3.8, 4) is 0 Å². The number of ether oxygens (including phenoxy) is 1. The number of rotatable bonds is 7. The summed E-state index contributed by atoms with van der Waals surface area (Å²) in [4.78, 5) is 43.9. The second-order valence-corrected chi connectivity index (χ2v) is 4.96. The van der Waals surface area contributed by atoms with Crippen LogP contribution >= 0.6 is 0 Å². The predicted molar refractivity (Wildman–Crippen MR) is 76.6 cm³/mol. The molecular formula is C13H17N3O7. The molecule has 0 aliphatic heterocycles. The maximum atomic E-state index is 11.5. The average Bonchev–Trinajstić information content (AvgIpc) is 2.94. The van der Waals surface area contributed by atoms with Crippen molar-refractivity contribution in [2.24, 2.45) is 5.92 Å². The molecule has 1 heterocycles. The van der Waals surface area contributed by atoms with Crippen molar-refractivity contribution in [2.45, 2.75) is 20.3 Å². The van der Waals surface area contributed by atoms with Crippen molar-refractivity contribution >= 4 is 23.8 Å². The minimum atomic E-state index is -1.05. The largest absolute Gasteiger partial charge is 0.450 e. The highest BCUT2D eigenvalue weighted by Crippen LogP contribution is 2.16. The molecule has 10 heteroatoms. The van der Waals surface area contributed by atoms with Gasteiger partial charge in [-0.15, -0.1) is 0 Å². The number of nitro groups is 1. The van der Waals surface area contributed by atoms with Gasteiger partial charge in [0.1, 0.15) is 4.92 Å². The second kappa shape index (κ2) is 8.51. The van der Waals surface area contributed by atoms with Crippen molar-refractivity contribution in [2.75, 3.05) is 13.2 Å². The van der Waals surface area contributed by atoms with Crippen molar-refractivity contribution in [1.29, 1.82) is 0 Å². The lowest BCUT2D eigenvalue weighted by atomic mass is 10.1. The van der Waals surface area contributed by atoms with Gasteiger partial charge < -0.3 is 14.5 Å². The molecule has 0 saturated carbocycles. The number of furan rings is 1. The first-order chi connectivity index (χ1) is 10.8. The van der Waals surface area contributed by atoms with E-state index in [4.69, 9.17) is 0 Å². The van der Waals surface area contributed by atoms with Crippen LogP contribution in [0.25, 0.3) is 0 Å². The summed E-state index contributed by atoms with van der Waals surface area (Å²) in [7, 11) is 0. The van der Waals surface area contributed by atoms with Gasteiger partial charge in [0.15, 0.2) is 6.61 Å². The average molecular weight is 327 g/mol. The number of hydrogen-bond acceptors (Lipinski definition) is 7. The molecule has 126 valence electrons. The zero-order valence-corrected chi connectivity index (χ0v) is 12.7. The first-order valence-corrected chi connectivity index (χ1v) is 6.78. The first-order valence-electron chi connectivity index (χ1n) is 6.78. The fourth-order valence-corrected chi connectivity index (χ4v) is 1.42. The Hall–Kier alpha value is -2.91. The van der Waals surface area contributed by atoms with Crippen LogP contribution in [0.5, 0.6) is 0 Å². The summed E-state index contributed by atoms with van der Waals surface area (Å²) >= 11 is 0. The van der Waals surface area contributed by atoms with Crippen molar-refractivity contribution in [1.82, 2.24) is 10.6 Å². The van der Waals surface area contributed by atoms with Crippen LogP contribution in [0.4, 0.5) is 10.7 Å². The van der Waals surface area contributed by atoms with Gasteiger partial charge in [0, 0.05) is 6.54 Å². The topological polar surface area (TPSA) is 141 Å². The van der Waals surface area contributed by atoms with Gasteiger partial charge >= 0.3 is 17.9 Å². The molecule has 1 rings (SSSR count). The van der Waals surface area contributed by atoms with Crippen molar-refractivity contribution in [3.63, 3.8) is 0 Å². The van der Waals surface area contributed by atoms with Crippen LogP contribution in [0.15, 0.2) is 16.5 Å². The molecule has 0 bridgehead atoms. The molecule has 0 spiro atoms. The predicted octanol–water partition coefficient (Wildman–Crippen LogP) is 1.22. The maximum Gasteiger partial charge on any atom is 0.433 e. The minimum Gasteiger partial charge on any atom is -0.450 e. The molecule has 1 aromatic rings. The van der Waals surface area contributed by atoms with E-state index < -0.39 is 41.1 Å². The second-order valence-electron chi connectivity index (χ2n) is 4.96. The van der Waals surface area contributed by atoms with Gasteiger partial charge in [-0.1, -0.05) is 13.8 Å². The lowest BCUT2D eigenvalue weighted by molar-refractivity contribution is -0.402. The van der Waals surface area contributed by atoms with Crippen LogP contribution < -0.4 is 10.6 Å². The van der Waals surface area contributed by atoms with Gasteiger partial charge in [-0.25, -0.2) is 9.59 Å². The van der Waals surface area contributed by atoms with Gasteiger partial charge in [0.25, 0.3) is 5.91 Å². The number of carbonyl (C=O) groups excluding carboxylic acids is 3. The van der Waals surface area contributed by atoms with E-state index in [-0.39, 0.29) is 0 Å². The Labute approximate surface area is 131 Å². The van der Waals surface area contributed by atoms with Gasteiger partial charge in [-0.05, 0) is 18.4 Å². The van der Waals surface area contributed by atoms with E-state index in [1.807, 2.05) is 19.2 Å². The van der Waals surface area contributed by atoms with Crippen LogP contribution in [0.3, 0.4) is 0 Å². The Morgan fingerprint density at radius 1 is 1.35 bits per heavy atom.